The van der Waals surface area contributed by atoms with Crippen LogP contribution in [-0.2, 0) is 17.9 Å². The van der Waals surface area contributed by atoms with Crippen LogP contribution in [0.5, 0.6) is 0 Å². The number of aryl methyl sites for hydroxylation is 4. The van der Waals surface area contributed by atoms with Gasteiger partial charge in [-0.25, -0.2) is 24.4 Å². The molecule has 0 unspecified atom stereocenters. The van der Waals surface area contributed by atoms with Crippen molar-refractivity contribution in [3.8, 4) is 44.9 Å². The van der Waals surface area contributed by atoms with E-state index in [9.17, 15) is 0 Å². The molecule has 0 fully saturated rings. The zero-order valence-electron chi connectivity index (χ0n) is 36.2. The highest BCUT2D eigenvalue weighted by Gasteiger charge is 2.27. The third-order valence-electron chi connectivity index (χ3n) is 9.25. The Kier molecular flexibility index (Phi) is 6.53. The van der Waals surface area contributed by atoms with E-state index in [2.05, 4.69) is 4.85 Å². The Morgan fingerprint density at radius 3 is 1.96 bits per heavy atom. The Hall–Kier alpha value is -5.67. The highest BCUT2D eigenvalue weighted by atomic mass is 16.3. The van der Waals surface area contributed by atoms with Crippen LogP contribution < -0.4 is 4.57 Å². The highest BCUT2D eigenvalue weighted by molar-refractivity contribution is 6.15. The largest absolute Gasteiger partial charge is 0.456 e. The van der Waals surface area contributed by atoms with E-state index < -0.39 is 24.5 Å². The van der Waals surface area contributed by atoms with E-state index in [0.29, 0.717) is 51.1 Å². The molecule has 51 heavy (non-hydrogen) atoms. The van der Waals surface area contributed by atoms with Crippen LogP contribution in [0.1, 0.15) is 78.1 Å². The van der Waals surface area contributed by atoms with Crippen LogP contribution in [0.4, 0.5) is 5.69 Å². The van der Waals surface area contributed by atoms with Crippen molar-refractivity contribution in [1.29, 1.82) is 0 Å². The Morgan fingerprint density at radius 2 is 1.33 bits per heavy atom. The normalized spacial score (nSPS) is 14.3. The molecule has 0 spiro atoms. The topological polar surface area (TPSA) is 60.1 Å². The summed E-state index contributed by atoms with van der Waals surface area (Å²) in [5, 5.41) is 1.66. The van der Waals surface area contributed by atoms with Gasteiger partial charge in [-0.05, 0) is 54.5 Å². The molecule has 3 aromatic heterocycles. The fourth-order valence-electron chi connectivity index (χ4n) is 6.50. The summed E-state index contributed by atoms with van der Waals surface area (Å²) in [6.45, 7) is 16.7. The van der Waals surface area contributed by atoms with Crippen LogP contribution in [0, 0.1) is 27.2 Å². The standard InChI is InChI=1S/C45H44N5O/c1-26-17-19-32-33-21-22-35(46-10)38(29-15-13-12-14-16-29)40(33)51-39(32)37(26)36-24-34(28(3)25-50(36)11)31-20-18-30(23-27(31)2)41-47-42(44(4,5)6)49-43(48-41)45(7,8)9/h12-25H,1-9,11H3/q+1/i2D3,3D3. The number of rotatable bonds is 4. The van der Waals surface area contributed by atoms with Gasteiger partial charge in [0.2, 0.25) is 5.69 Å². The minimum absolute atomic E-state index is 0.000282. The summed E-state index contributed by atoms with van der Waals surface area (Å²) in [6, 6.07) is 24.1. The highest BCUT2D eigenvalue weighted by Crippen LogP contribution is 2.45. The molecule has 0 radical (unpaired) electrons. The maximum Gasteiger partial charge on any atom is 0.216 e. The molecule has 0 saturated carbocycles. The zero-order valence-corrected chi connectivity index (χ0v) is 30.2. The van der Waals surface area contributed by atoms with E-state index in [1.165, 1.54) is 0 Å². The average molecular weight is 677 g/mol. The predicted molar refractivity (Wildman–Crippen MR) is 208 cm³/mol. The van der Waals surface area contributed by atoms with Gasteiger partial charge >= 0.3 is 0 Å². The maximum absolute atomic E-state index is 8.72. The summed E-state index contributed by atoms with van der Waals surface area (Å²) < 4.78 is 60.5. The zero-order chi connectivity index (χ0) is 41.4. The maximum atomic E-state index is 8.72. The molecule has 4 aromatic carbocycles. The van der Waals surface area contributed by atoms with E-state index in [4.69, 9.17) is 34.2 Å². The van der Waals surface area contributed by atoms with Crippen molar-refractivity contribution in [3.63, 3.8) is 0 Å². The first-order chi connectivity index (χ1) is 26.6. The van der Waals surface area contributed by atoms with Gasteiger partial charge in [0.25, 0.3) is 0 Å². The van der Waals surface area contributed by atoms with Crippen LogP contribution in [0.15, 0.2) is 89.5 Å². The van der Waals surface area contributed by atoms with E-state index in [-0.39, 0.29) is 22.3 Å². The van der Waals surface area contributed by atoms with E-state index in [1.807, 2.05) is 97.0 Å². The average Bonchev–Trinajstić information content (AvgIpc) is 3.51. The molecule has 7 aromatic rings. The lowest BCUT2D eigenvalue weighted by molar-refractivity contribution is -0.660. The molecule has 254 valence electrons. The van der Waals surface area contributed by atoms with Crippen LogP contribution in [-0.4, -0.2) is 15.0 Å². The second-order valence-corrected chi connectivity index (χ2v) is 15.2. The van der Waals surface area contributed by atoms with E-state index in [0.717, 1.165) is 27.5 Å². The molecule has 0 aliphatic heterocycles. The monoisotopic (exact) mass is 676 g/mol. The molecule has 0 N–H and O–H groups in total. The second kappa shape index (κ2) is 12.3. The van der Waals surface area contributed by atoms with E-state index in [1.54, 1.807) is 48.1 Å². The summed E-state index contributed by atoms with van der Waals surface area (Å²) in [7, 11) is 1.77. The van der Waals surface area contributed by atoms with Crippen molar-refractivity contribution in [1.82, 2.24) is 15.0 Å². The molecule has 7 rings (SSSR count). The van der Waals surface area contributed by atoms with Crippen LogP contribution in [0.2, 0.25) is 0 Å². The smallest absolute Gasteiger partial charge is 0.216 e. The van der Waals surface area contributed by atoms with Crippen molar-refractivity contribution in [2.75, 3.05) is 0 Å². The molecule has 0 aliphatic rings. The molecular weight excluding hydrogens is 627 g/mol. The molecular formula is C45H44N5O+. The van der Waals surface area contributed by atoms with Gasteiger partial charge in [0.05, 0.1) is 12.1 Å². The van der Waals surface area contributed by atoms with Gasteiger partial charge < -0.3 is 4.42 Å². The Balaban J connectivity index is 1.50. The summed E-state index contributed by atoms with van der Waals surface area (Å²) >= 11 is 0. The molecule has 3 heterocycles. The number of fused-ring (bicyclic) bond motifs is 3. The summed E-state index contributed by atoms with van der Waals surface area (Å²) in [5.41, 5.74) is 5.50. The van der Waals surface area contributed by atoms with Gasteiger partial charge in [-0.15, -0.1) is 0 Å². The van der Waals surface area contributed by atoms with Crippen LogP contribution in [0.25, 0.3) is 71.7 Å². The molecule has 6 nitrogen and oxygen atoms in total. The first-order valence-corrected chi connectivity index (χ1v) is 17.0. The minimum Gasteiger partial charge on any atom is -0.456 e. The van der Waals surface area contributed by atoms with Gasteiger partial charge in [0, 0.05) is 52.6 Å². The lowest BCUT2D eigenvalue weighted by Gasteiger charge is -2.23. The van der Waals surface area contributed by atoms with Crippen molar-refractivity contribution >= 4 is 27.6 Å². The summed E-state index contributed by atoms with van der Waals surface area (Å²) in [6.07, 6.45) is 1.56. The third-order valence-corrected chi connectivity index (χ3v) is 9.25. The van der Waals surface area contributed by atoms with Gasteiger partial charge in [-0.1, -0.05) is 108 Å². The summed E-state index contributed by atoms with van der Waals surface area (Å²) in [4.78, 5) is 18.2. The molecule has 0 atom stereocenters. The molecule has 0 saturated heterocycles. The lowest BCUT2D eigenvalue weighted by atomic mass is 9.92. The lowest BCUT2D eigenvalue weighted by Crippen LogP contribution is -2.31. The number of nitrogens with zero attached hydrogens (tertiary/aromatic N) is 5. The number of pyridine rings is 1. The van der Waals surface area contributed by atoms with Crippen LogP contribution >= 0.6 is 0 Å². The number of furan rings is 1. The van der Waals surface area contributed by atoms with Crippen molar-refractivity contribution < 1.29 is 17.2 Å². The summed E-state index contributed by atoms with van der Waals surface area (Å²) in [5.74, 6) is 1.51. The van der Waals surface area contributed by atoms with E-state index >= 15 is 0 Å². The Labute approximate surface area is 309 Å². The van der Waals surface area contributed by atoms with Crippen molar-refractivity contribution in [2.24, 2.45) is 7.05 Å². The van der Waals surface area contributed by atoms with Gasteiger partial charge in [0.1, 0.15) is 29.9 Å². The molecule has 0 bridgehead atoms. The second-order valence-electron chi connectivity index (χ2n) is 15.2. The fourth-order valence-corrected chi connectivity index (χ4v) is 6.50. The first-order valence-electron chi connectivity index (χ1n) is 20.0. The van der Waals surface area contributed by atoms with Crippen molar-refractivity contribution in [2.45, 2.75) is 73.0 Å². The van der Waals surface area contributed by atoms with Gasteiger partial charge in [-0.3, -0.25) is 0 Å². The van der Waals surface area contributed by atoms with Gasteiger partial charge in [0.15, 0.2) is 17.7 Å². The Morgan fingerprint density at radius 1 is 0.686 bits per heavy atom. The number of benzene rings is 4. The number of hydrogen-bond acceptors (Lipinski definition) is 4. The quantitative estimate of drug-likeness (QED) is 0.137. The first kappa shape index (κ1) is 27.1. The minimum atomic E-state index is -2.63. The SMILES string of the molecule is [2H]C([2H])([2H])c1cc(-c2nc(C(C)(C)C)nc(C(C)(C)C)n2)ccc1-c1cc(-c2c(C)ccc3c2oc2c(-c4ccccc4)c([N+]#[C-])ccc23)[n+](C)cc1C([2H])([2H])[2H]. The van der Waals surface area contributed by atoms with Crippen LogP contribution in [0.3, 0.4) is 0 Å². The molecule has 0 aliphatic carbocycles. The van der Waals surface area contributed by atoms with Crippen molar-refractivity contribution in [3.05, 3.63) is 125 Å². The Bertz CT molecular complexity index is 2730. The predicted octanol–water partition coefficient (Wildman–Crippen LogP) is 11.3. The third kappa shape index (κ3) is 5.97. The molecule has 6 heteroatoms. The number of aromatic nitrogens is 4. The molecule has 0 amide bonds. The number of hydrogen-bond donors (Lipinski definition) is 0. The fraction of sp³-hybridized carbons (Fsp3) is 0.267. The van der Waals surface area contributed by atoms with Gasteiger partial charge in [-0.2, -0.15) is 0 Å².